The first-order valence-electron chi connectivity index (χ1n) is 7.77. The minimum atomic E-state index is -0.795. The molecule has 1 aromatic carbocycles. The molecule has 0 spiro atoms. The summed E-state index contributed by atoms with van der Waals surface area (Å²) < 4.78 is 13.0. The number of amides is 1. The summed E-state index contributed by atoms with van der Waals surface area (Å²) in [6.07, 6.45) is 5.69. The number of hydrogen-bond acceptors (Lipinski definition) is 2. The Kier molecular flexibility index (Phi) is 3.74. The number of nitrogens with one attached hydrogen (secondary N) is 1. The van der Waals surface area contributed by atoms with Crippen LogP contribution in [0.2, 0.25) is 0 Å². The van der Waals surface area contributed by atoms with Crippen molar-refractivity contribution in [3.63, 3.8) is 0 Å². The maximum Gasteiger partial charge on any atom is 0.222 e. The van der Waals surface area contributed by atoms with Gasteiger partial charge in [-0.05, 0) is 43.4 Å². The number of carbonyl (C=O) groups is 1. The van der Waals surface area contributed by atoms with Crippen LogP contribution in [0.3, 0.4) is 0 Å². The zero-order valence-electron chi connectivity index (χ0n) is 12.2. The molecule has 0 unspecified atom stereocenters. The van der Waals surface area contributed by atoms with Gasteiger partial charge in [-0.15, -0.1) is 0 Å². The van der Waals surface area contributed by atoms with Gasteiger partial charge >= 0.3 is 0 Å². The van der Waals surface area contributed by atoms with Crippen molar-refractivity contribution in [3.8, 4) is 0 Å². The third kappa shape index (κ3) is 3.26. The van der Waals surface area contributed by atoms with Gasteiger partial charge in [0.15, 0.2) is 0 Å². The molecule has 0 aliphatic heterocycles. The molecule has 1 aromatic rings. The number of aliphatic hydroxyl groups is 1. The first-order chi connectivity index (χ1) is 10.0. The minimum Gasteiger partial charge on any atom is -0.389 e. The molecule has 0 saturated heterocycles. The molecule has 0 bridgehead atoms. The Morgan fingerprint density at radius 1 is 1.14 bits per heavy atom. The number of benzene rings is 1. The van der Waals surface area contributed by atoms with Crippen LogP contribution in [0.15, 0.2) is 24.3 Å². The quantitative estimate of drug-likeness (QED) is 0.876. The van der Waals surface area contributed by atoms with Crippen molar-refractivity contribution in [1.29, 1.82) is 0 Å². The van der Waals surface area contributed by atoms with Crippen molar-refractivity contribution in [2.75, 3.05) is 6.54 Å². The van der Waals surface area contributed by atoms with Crippen LogP contribution < -0.4 is 5.32 Å². The first kappa shape index (κ1) is 14.5. The maximum atomic E-state index is 13.0. The molecule has 2 aliphatic rings. The van der Waals surface area contributed by atoms with Crippen molar-refractivity contribution < 1.29 is 14.3 Å². The Morgan fingerprint density at radius 3 is 2.33 bits per heavy atom. The van der Waals surface area contributed by atoms with Gasteiger partial charge in [-0.2, -0.15) is 0 Å². The fraction of sp³-hybridized carbons (Fsp3) is 0.588. The Balaban J connectivity index is 1.55. The van der Waals surface area contributed by atoms with Crippen LogP contribution in [0.25, 0.3) is 0 Å². The van der Waals surface area contributed by atoms with Crippen LogP contribution >= 0.6 is 0 Å². The number of carbonyl (C=O) groups excluding carboxylic acids is 1. The standard InChI is InChI=1S/C17H22FNO2/c18-14-5-3-13(4-6-14)16(9-10-16)12-19-15(20)11-17(21)7-1-2-8-17/h3-6,21H,1-2,7-12H2,(H,19,20). The van der Waals surface area contributed by atoms with E-state index in [0.717, 1.165) is 44.1 Å². The smallest absolute Gasteiger partial charge is 0.222 e. The molecule has 21 heavy (non-hydrogen) atoms. The van der Waals surface area contributed by atoms with Crippen LogP contribution in [0.5, 0.6) is 0 Å². The molecule has 0 atom stereocenters. The van der Waals surface area contributed by atoms with E-state index in [9.17, 15) is 14.3 Å². The third-order valence-electron chi connectivity index (χ3n) is 4.96. The van der Waals surface area contributed by atoms with Gasteiger partial charge in [-0.1, -0.05) is 25.0 Å². The summed E-state index contributed by atoms with van der Waals surface area (Å²) >= 11 is 0. The van der Waals surface area contributed by atoms with Gasteiger partial charge in [-0.25, -0.2) is 4.39 Å². The van der Waals surface area contributed by atoms with Gasteiger partial charge in [0.2, 0.25) is 5.91 Å². The van der Waals surface area contributed by atoms with Gasteiger partial charge in [0.25, 0.3) is 0 Å². The fourth-order valence-electron chi connectivity index (χ4n) is 3.36. The van der Waals surface area contributed by atoms with E-state index in [1.807, 2.05) is 0 Å². The van der Waals surface area contributed by atoms with E-state index in [-0.39, 0.29) is 23.6 Å². The van der Waals surface area contributed by atoms with Gasteiger partial charge < -0.3 is 10.4 Å². The normalized spacial score (nSPS) is 22.0. The van der Waals surface area contributed by atoms with Crippen LogP contribution in [0, 0.1) is 5.82 Å². The number of hydrogen-bond donors (Lipinski definition) is 2. The molecule has 4 heteroatoms. The number of rotatable bonds is 5. The summed E-state index contributed by atoms with van der Waals surface area (Å²) in [4.78, 5) is 12.0. The molecule has 2 aliphatic carbocycles. The van der Waals surface area contributed by atoms with Crippen LogP contribution in [0.1, 0.15) is 50.5 Å². The molecule has 3 nitrogen and oxygen atoms in total. The lowest BCUT2D eigenvalue weighted by atomic mass is 9.94. The third-order valence-corrected chi connectivity index (χ3v) is 4.96. The second-order valence-corrected chi connectivity index (χ2v) is 6.67. The molecule has 0 radical (unpaired) electrons. The zero-order chi connectivity index (χ0) is 14.9. The van der Waals surface area contributed by atoms with Gasteiger partial charge in [-0.3, -0.25) is 4.79 Å². The molecule has 114 valence electrons. The topological polar surface area (TPSA) is 49.3 Å². The van der Waals surface area contributed by atoms with Gasteiger partial charge in [0.1, 0.15) is 5.82 Å². The average molecular weight is 291 g/mol. The predicted molar refractivity (Wildman–Crippen MR) is 78.4 cm³/mol. The highest BCUT2D eigenvalue weighted by molar-refractivity contribution is 5.77. The Bertz CT molecular complexity index is 516. The van der Waals surface area contributed by atoms with E-state index < -0.39 is 5.60 Å². The molecule has 2 saturated carbocycles. The summed E-state index contributed by atoms with van der Waals surface area (Å²) in [5.41, 5.74) is 0.266. The Morgan fingerprint density at radius 2 is 1.76 bits per heavy atom. The summed E-state index contributed by atoms with van der Waals surface area (Å²) in [7, 11) is 0. The molecule has 2 fully saturated rings. The largest absolute Gasteiger partial charge is 0.389 e. The molecule has 2 N–H and O–H groups in total. The van der Waals surface area contributed by atoms with Crippen molar-refractivity contribution in [2.45, 2.75) is 56.0 Å². The molecular formula is C17H22FNO2. The number of halogens is 1. The second kappa shape index (κ2) is 5.41. The van der Waals surface area contributed by atoms with E-state index in [4.69, 9.17) is 0 Å². The zero-order valence-corrected chi connectivity index (χ0v) is 12.2. The van der Waals surface area contributed by atoms with Crippen LogP contribution in [0.4, 0.5) is 4.39 Å². The summed E-state index contributed by atoms with van der Waals surface area (Å²) in [5, 5.41) is 13.2. The van der Waals surface area contributed by atoms with E-state index >= 15 is 0 Å². The van der Waals surface area contributed by atoms with E-state index in [1.165, 1.54) is 12.1 Å². The Hall–Kier alpha value is -1.42. The monoisotopic (exact) mass is 291 g/mol. The lowest BCUT2D eigenvalue weighted by Gasteiger charge is -2.22. The highest BCUT2D eigenvalue weighted by Crippen LogP contribution is 2.47. The molecule has 0 heterocycles. The fourth-order valence-corrected chi connectivity index (χ4v) is 3.36. The van der Waals surface area contributed by atoms with Crippen LogP contribution in [-0.2, 0) is 10.2 Å². The maximum absolute atomic E-state index is 13.0. The van der Waals surface area contributed by atoms with Crippen molar-refractivity contribution >= 4 is 5.91 Å². The summed E-state index contributed by atoms with van der Waals surface area (Å²) in [6, 6.07) is 6.55. The average Bonchev–Trinajstić information content (AvgIpc) is 3.13. The Labute approximate surface area is 124 Å². The molecule has 0 aromatic heterocycles. The predicted octanol–water partition coefficient (Wildman–Crippen LogP) is 2.67. The molecule has 1 amide bonds. The SMILES string of the molecule is O=C(CC1(O)CCCC1)NCC1(c2ccc(F)cc2)CC1. The summed E-state index contributed by atoms with van der Waals surface area (Å²) in [5.74, 6) is -0.310. The highest BCUT2D eigenvalue weighted by Gasteiger charge is 2.44. The van der Waals surface area contributed by atoms with E-state index in [1.54, 1.807) is 12.1 Å². The summed E-state index contributed by atoms with van der Waals surface area (Å²) in [6.45, 7) is 0.577. The van der Waals surface area contributed by atoms with E-state index in [2.05, 4.69) is 5.32 Å². The minimum absolute atomic E-state index is 0.0261. The highest BCUT2D eigenvalue weighted by atomic mass is 19.1. The van der Waals surface area contributed by atoms with Crippen molar-refractivity contribution in [3.05, 3.63) is 35.6 Å². The van der Waals surface area contributed by atoms with Crippen molar-refractivity contribution in [2.24, 2.45) is 0 Å². The van der Waals surface area contributed by atoms with Gasteiger partial charge in [0, 0.05) is 12.0 Å². The van der Waals surface area contributed by atoms with E-state index in [0.29, 0.717) is 6.54 Å². The molecular weight excluding hydrogens is 269 g/mol. The van der Waals surface area contributed by atoms with Crippen molar-refractivity contribution in [1.82, 2.24) is 5.32 Å². The van der Waals surface area contributed by atoms with Gasteiger partial charge in [0.05, 0.1) is 12.0 Å². The lowest BCUT2D eigenvalue weighted by Crippen LogP contribution is -2.38. The lowest BCUT2D eigenvalue weighted by molar-refractivity contribution is -0.126. The first-order valence-corrected chi connectivity index (χ1v) is 7.77. The second-order valence-electron chi connectivity index (χ2n) is 6.67. The molecule has 3 rings (SSSR count). The van der Waals surface area contributed by atoms with Crippen LogP contribution in [-0.4, -0.2) is 23.2 Å².